The molecular weight excluding hydrogens is 591 g/mol. The lowest BCUT2D eigenvalue weighted by Crippen LogP contribution is -1.98. The first kappa shape index (κ1) is 27.6. The van der Waals surface area contributed by atoms with E-state index in [9.17, 15) is 0 Å². The van der Waals surface area contributed by atoms with Crippen molar-refractivity contribution in [2.45, 2.75) is 12.3 Å². The highest BCUT2D eigenvalue weighted by atomic mass is 32.1. The summed E-state index contributed by atoms with van der Waals surface area (Å²) in [6.07, 6.45) is 9.80. The maximum atomic E-state index is 5.19. The molecule has 0 amide bonds. The highest BCUT2D eigenvalue weighted by Crippen LogP contribution is 2.43. The van der Waals surface area contributed by atoms with E-state index in [2.05, 4.69) is 152 Å². The number of aromatic nitrogens is 3. The Labute approximate surface area is 277 Å². The molecule has 0 radical (unpaired) electrons. The minimum absolute atomic E-state index is 0.411. The lowest BCUT2D eigenvalue weighted by Gasteiger charge is -2.14. The molecule has 0 spiro atoms. The first-order valence-electron chi connectivity index (χ1n) is 16.0. The minimum atomic E-state index is 0.411. The Bertz CT molecular complexity index is 2490. The molecule has 3 nitrogen and oxygen atoms in total. The van der Waals surface area contributed by atoms with E-state index in [0.717, 1.165) is 56.5 Å². The highest BCUT2D eigenvalue weighted by molar-refractivity contribution is 7.26. The third-order valence-electron chi connectivity index (χ3n) is 9.02. The third-order valence-corrected chi connectivity index (χ3v) is 10.2. The molecule has 1 aliphatic rings. The van der Waals surface area contributed by atoms with Crippen LogP contribution in [0.15, 0.2) is 158 Å². The second-order valence-electron chi connectivity index (χ2n) is 12.0. The van der Waals surface area contributed by atoms with Crippen molar-refractivity contribution >= 4 is 42.5 Å². The van der Waals surface area contributed by atoms with E-state index in [1.165, 1.54) is 25.9 Å². The molecule has 5 aromatic carbocycles. The summed E-state index contributed by atoms with van der Waals surface area (Å²) in [5, 5.41) is 2.34. The van der Waals surface area contributed by atoms with Gasteiger partial charge in [-0.05, 0) is 41.8 Å². The smallest absolute Gasteiger partial charge is 0.160 e. The SMILES string of the molecule is C1=CCC(c2ccc(-c3cc(-c4ccccc4)nc(-c4cccc(-c5c6ccccc6nc6c5sc5ccccc56)c4)n3)cc2)C=C1. The number of allylic oxidation sites excluding steroid dienone is 4. The predicted octanol–water partition coefficient (Wildman–Crippen LogP) is 11.7. The Balaban J connectivity index is 1.20. The van der Waals surface area contributed by atoms with Gasteiger partial charge in [0.05, 0.1) is 27.1 Å². The Morgan fingerprint density at radius 2 is 1.26 bits per heavy atom. The van der Waals surface area contributed by atoms with Crippen LogP contribution in [0, 0.1) is 0 Å². The molecule has 0 fully saturated rings. The second-order valence-corrected chi connectivity index (χ2v) is 13.0. The zero-order valence-corrected chi connectivity index (χ0v) is 26.4. The van der Waals surface area contributed by atoms with Gasteiger partial charge >= 0.3 is 0 Å². The Hall–Kier alpha value is -5.71. The fourth-order valence-electron chi connectivity index (χ4n) is 6.65. The van der Waals surface area contributed by atoms with E-state index in [-0.39, 0.29) is 0 Å². The van der Waals surface area contributed by atoms with Crippen molar-refractivity contribution in [3.8, 4) is 45.0 Å². The van der Waals surface area contributed by atoms with Crippen LogP contribution in [0.4, 0.5) is 0 Å². The van der Waals surface area contributed by atoms with Crippen molar-refractivity contribution in [3.05, 3.63) is 163 Å². The molecule has 0 saturated carbocycles. The van der Waals surface area contributed by atoms with Crippen LogP contribution in [0.2, 0.25) is 0 Å². The number of nitrogens with zero attached hydrogens (tertiary/aromatic N) is 3. The number of fused-ring (bicyclic) bond motifs is 4. The molecule has 9 rings (SSSR count). The maximum Gasteiger partial charge on any atom is 0.160 e. The summed E-state index contributed by atoms with van der Waals surface area (Å²) >= 11 is 1.81. The Morgan fingerprint density at radius 3 is 2.06 bits per heavy atom. The average Bonchev–Trinajstić information content (AvgIpc) is 3.52. The Kier molecular flexibility index (Phi) is 6.80. The fourth-order valence-corrected chi connectivity index (χ4v) is 7.87. The zero-order chi connectivity index (χ0) is 31.2. The van der Waals surface area contributed by atoms with E-state index in [0.29, 0.717) is 11.7 Å². The zero-order valence-electron chi connectivity index (χ0n) is 25.5. The number of hydrogen-bond donors (Lipinski definition) is 0. The van der Waals surface area contributed by atoms with E-state index in [1.807, 2.05) is 17.4 Å². The number of thiophene rings is 1. The topological polar surface area (TPSA) is 38.7 Å². The van der Waals surface area contributed by atoms with Crippen molar-refractivity contribution in [3.63, 3.8) is 0 Å². The molecule has 3 heterocycles. The normalized spacial score (nSPS) is 14.3. The maximum absolute atomic E-state index is 5.19. The summed E-state index contributed by atoms with van der Waals surface area (Å²) in [5.41, 5.74) is 10.6. The summed E-state index contributed by atoms with van der Waals surface area (Å²) in [6, 6.07) is 47.0. The molecule has 3 aromatic heterocycles. The lowest BCUT2D eigenvalue weighted by molar-refractivity contribution is 0.854. The van der Waals surface area contributed by atoms with Gasteiger partial charge in [0.15, 0.2) is 5.82 Å². The summed E-state index contributed by atoms with van der Waals surface area (Å²) in [7, 11) is 0. The van der Waals surface area contributed by atoms with Crippen LogP contribution >= 0.6 is 11.3 Å². The van der Waals surface area contributed by atoms with Gasteiger partial charge in [0.1, 0.15) is 0 Å². The van der Waals surface area contributed by atoms with Gasteiger partial charge in [0.2, 0.25) is 0 Å². The van der Waals surface area contributed by atoms with Crippen molar-refractivity contribution in [1.29, 1.82) is 0 Å². The Morgan fingerprint density at radius 1 is 0.553 bits per heavy atom. The molecule has 1 atom stereocenters. The molecule has 1 aliphatic carbocycles. The number of benzene rings is 5. The van der Waals surface area contributed by atoms with Crippen LogP contribution in [0.3, 0.4) is 0 Å². The molecule has 1 unspecified atom stereocenters. The molecular formula is C43H29N3S. The van der Waals surface area contributed by atoms with E-state index < -0.39 is 0 Å². The van der Waals surface area contributed by atoms with Crippen LogP contribution in [-0.4, -0.2) is 15.0 Å². The van der Waals surface area contributed by atoms with Gasteiger partial charge in [0.25, 0.3) is 0 Å². The van der Waals surface area contributed by atoms with Crippen LogP contribution in [0.5, 0.6) is 0 Å². The highest BCUT2D eigenvalue weighted by Gasteiger charge is 2.18. The summed E-state index contributed by atoms with van der Waals surface area (Å²) in [5.74, 6) is 1.12. The summed E-state index contributed by atoms with van der Waals surface area (Å²) in [6.45, 7) is 0. The molecule has 0 N–H and O–H groups in total. The van der Waals surface area contributed by atoms with Crippen LogP contribution in [0.1, 0.15) is 17.9 Å². The largest absolute Gasteiger partial charge is 0.246 e. The number of para-hydroxylation sites is 1. The first-order chi connectivity index (χ1) is 23.3. The van der Waals surface area contributed by atoms with Gasteiger partial charge in [-0.1, -0.05) is 133 Å². The molecule has 8 aromatic rings. The van der Waals surface area contributed by atoms with Crippen molar-refractivity contribution in [1.82, 2.24) is 15.0 Å². The predicted molar refractivity (Wildman–Crippen MR) is 198 cm³/mol. The van der Waals surface area contributed by atoms with Gasteiger partial charge in [-0.15, -0.1) is 11.3 Å². The number of rotatable bonds is 5. The van der Waals surface area contributed by atoms with Crippen molar-refractivity contribution < 1.29 is 0 Å². The van der Waals surface area contributed by atoms with Crippen LogP contribution in [0.25, 0.3) is 76.2 Å². The summed E-state index contributed by atoms with van der Waals surface area (Å²) in [4.78, 5) is 15.5. The average molecular weight is 620 g/mol. The third kappa shape index (κ3) is 5.04. The molecule has 47 heavy (non-hydrogen) atoms. The van der Waals surface area contributed by atoms with E-state index >= 15 is 0 Å². The molecule has 0 saturated heterocycles. The molecule has 222 valence electrons. The van der Waals surface area contributed by atoms with Gasteiger partial charge in [0, 0.05) is 43.6 Å². The van der Waals surface area contributed by atoms with Gasteiger partial charge in [-0.25, -0.2) is 15.0 Å². The molecule has 0 aliphatic heterocycles. The molecule has 0 bridgehead atoms. The van der Waals surface area contributed by atoms with Crippen molar-refractivity contribution in [2.75, 3.05) is 0 Å². The van der Waals surface area contributed by atoms with Gasteiger partial charge in [-0.3, -0.25) is 0 Å². The molecule has 4 heteroatoms. The standard InChI is InChI=1S/C43H29N3S/c1-3-12-28(13-4-1)29-22-24-31(25-23-29)38-27-37(30-14-5-2-6-15-30)45-43(46-38)33-17-11-16-32(26-33)40-34-18-7-9-20-36(34)44-41-35-19-8-10-21-39(35)47-42(40)41/h1-12,14-28H,13H2. The van der Waals surface area contributed by atoms with Crippen molar-refractivity contribution in [2.24, 2.45) is 0 Å². The number of hydrogen-bond acceptors (Lipinski definition) is 4. The number of pyridine rings is 1. The van der Waals surface area contributed by atoms with Gasteiger partial charge < -0.3 is 0 Å². The van der Waals surface area contributed by atoms with Crippen LogP contribution in [-0.2, 0) is 0 Å². The lowest BCUT2D eigenvalue weighted by atomic mass is 9.91. The minimum Gasteiger partial charge on any atom is -0.246 e. The first-order valence-corrected chi connectivity index (χ1v) is 16.8. The van der Waals surface area contributed by atoms with E-state index in [1.54, 1.807) is 0 Å². The quantitative estimate of drug-likeness (QED) is 0.192. The van der Waals surface area contributed by atoms with E-state index in [4.69, 9.17) is 15.0 Å². The second kappa shape index (κ2) is 11.6. The van der Waals surface area contributed by atoms with Crippen LogP contribution < -0.4 is 0 Å². The summed E-state index contributed by atoms with van der Waals surface area (Å²) < 4.78 is 2.44. The van der Waals surface area contributed by atoms with Gasteiger partial charge in [-0.2, -0.15) is 0 Å². The monoisotopic (exact) mass is 619 g/mol. The fraction of sp³-hybridized carbons (Fsp3) is 0.0465.